The Labute approximate surface area is 92.6 Å². The van der Waals surface area contributed by atoms with Gasteiger partial charge in [0.1, 0.15) is 6.29 Å². The van der Waals surface area contributed by atoms with Gasteiger partial charge < -0.3 is 4.79 Å². The van der Waals surface area contributed by atoms with Crippen LogP contribution in [0.15, 0.2) is 28.7 Å². The van der Waals surface area contributed by atoms with E-state index in [2.05, 4.69) is 22.0 Å². The average Bonchev–Trinajstić information content (AvgIpc) is 2.14. The Balaban J connectivity index is 2.17. The van der Waals surface area contributed by atoms with Crippen molar-refractivity contribution in [3.8, 4) is 0 Å². The van der Waals surface area contributed by atoms with E-state index in [1.807, 2.05) is 18.2 Å². The van der Waals surface area contributed by atoms with Gasteiger partial charge in [0, 0.05) is 9.89 Å². The number of rotatable bonds is 3. The molecule has 1 aromatic rings. The fourth-order valence-corrected chi connectivity index (χ4v) is 2.41. The van der Waals surface area contributed by atoms with Gasteiger partial charge in [-0.2, -0.15) is 0 Å². The maximum Gasteiger partial charge on any atom is 0.126 e. The molecule has 2 rings (SSSR count). The topological polar surface area (TPSA) is 17.1 Å². The van der Waals surface area contributed by atoms with Crippen LogP contribution >= 0.6 is 15.9 Å². The summed E-state index contributed by atoms with van der Waals surface area (Å²) in [6, 6.07) is 8.15. The van der Waals surface area contributed by atoms with Crippen LogP contribution in [-0.2, 0) is 11.2 Å². The van der Waals surface area contributed by atoms with Crippen LogP contribution in [0, 0.1) is 5.41 Å². The molecule has 0 amide bonds. The van der Waals surface area contributed by atoms with Gasteiger partial charge in [0.15, 0.2) is 0 Å². The summed E-state index contributed by atoms with van der Waals surface area (Å²) in [4.78, 5) is 11.0. The molecule has 1 aliphatic rings. The third-order valence-corrected chi connectivity index (χ3v) is 3.87. The minimum Gasteiger partial charge on any atom is -0.303 e. The standard InChI is InChI=1S/C12H13BrO/c13-11-5-2-1-4-10(11)8-12(9-14)6-3-7-12/h1-2,4-5,9H,3,6-8H2. The van der Waals surface area contributed by atoms with Crippen molar-refractivity contribution < 1.29 is 4.79 Å². The van der Waals surface area contributed by atoms with Gasteiger partial charge in [0.2, 0.25) is 0 Å². The lowest BCUT2D eigenvalue weighted by Crippen LogP contribution is -2.33. The number of aldehydes is 1. The van der Waals surface area contributed by atoms with Gasteiger partial charge in [-0.15, -0.1) is 0 Å². The van der Waals surface area contributed by atoms with Gasteiger partial charge >= 0.3 is 0 Å². The van der Waals surface area contributed by atoms with E-state index in [9.17, 15) is 4.79 Å². The molecule has 1 fully saturated rings. The van der Waals surface area contributed by atoms with Crippen LogP contribution in [0.25, 0.3) is 0 Å². The second kappa shape index (κ2) is 3.85. The van der Waals surface area contributed by atoms with E-state index in [0.717, 1.165) is 30.0 Å². The molecular weight excluding hydrogens is 240 g/mol. The first-order chi connectivity index (χ1) is 6.76. The smallest absolute Gasteiger partial charge is 0.126 e. The number of benzene rings is 1. The Bertz CT molecular complexity index is 342. The van der Waals surface area contributed by atoms with E-state index in [-0.39, 0.29) is 5.41 Å². The summed E-state index contributed by atoms with van der Waals surface area (Å²) in [5, 5.41) is 0. The van der Waals surface area contributed by atoms with Crippen molar-refractivity contribution >= 4 is 22.2 Å². The fraction of sp³-hybridized carbons (Fsp3) is 0.417. The van der Waals surface area contributed by atoms with Gasteiger partial charge in [-0.25, -0.2) is 0 Å². The van der Waals surface area contributed by atoms with Crippen molar-refractivity contribution in [1.82, 2.24) is 0 Å². The number of halogens is 1. The van der Waals surface area contributed by atoms with Crippen LogP contribution in [0.4, 0.5) is 0 Å². The Kier molecular flexibility index (Phi) is 2.73. The lowest BCUT2D eigenvalue weighted by atomic mass is 9.66. The molecule has 0 heterocycles. The molecule has 14 heavy (non-hydrogen) atoms. The first-order valence-electron chi connectivity index (χ1n) is 4.95. The predicted octanol–water partition coefficient (Wildman–Crippen LogP) is 3.36. The molecule has 2 heteroatoms. The molecule has 0 saturated heterocycles. The lowest BCUT2D eigenvalue weighted by molar-refractivity contribution is -0.120. The molecular formula is C12H13BrO. The molecule has 0 bridgehead atoms. The number of hydrogen-bond donors (Lipinski definition) is 0. The molecule has 0 radical (unpaired) electrons. The molecule has 1 saturated carbocycles. The Morgan fingerprint density at radius 2 is 2.07 bits per heavy atom. The van der Waals surface area contributed by atoms with Gasteiger partial charge in [-0.1, -0.05) is 40.5 Å². The quantitative estimate of drug-likeness (QED) is 0.755. The SMILES string of the molecule is O=CC1(Cc2ccccc2Br)CCC1. The van der Waals surface area contributed by atoms with Crippen LogP contribution in [0.1, 0.15) is 24.8 Å². The normalized spacial score (nSPS) is 18.6. The van der Waals surface area contributed by atoms with E-state index in [1.54, 1.807) is 0 Å². The van der Waals surface area contributed by atoms with Crippen LogP contribution in [0.2, 0.25) is 0 Å². The monoisotopic (exact) mass is 252 g/mol. The second-order valence-electron chi connectivity index (χ2n) is 4.10. The van der Waals surface area contributed by atoms with E-state index in [0.29, 0.717) is 0 Å². The van der Waals surface area contributed by atoms with Gasteiger partial charge in [0.05, 0.1) is 0 Å². The average molecular weight is 253 g/mol. The lowest BCUT2D eigenvalue weighted by Gasteiger charge is -2.36. The minimum atomic E-state index is -0.0517. The number of hydrogen-bond acceptors (Lipinski definition) is 1. The zero-order chi connectivity index (χ0) is 10.0. The fourth-order valence-electron chi connectivity index (χ4n) is 1.99. The Morgan fingerprint density at radius 3 is 2.57 bits per heavy atom. The van der Waals surface area contributed by atoms with Crippen molar-refractivity contribution in [2.24, 2.45) is 5.41 Å². The summed E-state index contributed by atoms with van der Waals surface area (Å²) in [5.41, 5.74) is 1.20. The Morgan fingerprint density at radius 1 is 1.36 bits per heavy atom. The van der Waals surface area contributed by atoms with E-state index < -0.39 is 0 Å². The van der Waals surface area contributed by atoms with E-state index >= 15 is 0 Å². The van der Waals surface area contributed by atoms with Crippen molar-refractivity contribution in [3.63, 3.8) is 0 Å². The largest absolute Gasteiger partial charge is 0.303 e. The molecule has 1 nitrogen and oxygen atoms in total. The van der Waals surface area contributed by atoms with Crippen LogP contribution in [0.3, 0.4) is 0 Å². The van der Waals surface area contributed by atoms with Gasteiger partial charge in [0.25, 0.3) is 0 Å². The van der Waals surface area contributed by atoms with Crippen molar-refractivity contribution in [2.75, 3.05) is 0 Å². The van der Waals surface area contributed by atoms with Crippen LogP contribution in [0.5, 0.6) is 0 Å². The summed E-state index contributed by atoms with van der Waals surface area (Å²) in [6.07, 6.45) is 5.34. The Hall–Kier alpha value is -0.630. The highest BCUT2D eigenvalue weighted by Crippen LogP contribution is 2.42. The van der Waals surface area contributed by atoms with Gasteiger partial charge in [-0.3, -0.25) is 0 Å². The van der Waals surface area contributed by atoms with E-state index in [4.69, 9.17) is 0 Å². The van der Waals surface area contributed by atoms with Crippen LogP contribution in [-0.4, -0.2) is 6.29 Å². The molecule has 1 aromatic carbocycles. The first kappa shape index (κ1) is 9.91. The molecule has 74 valence electrons. The number of carbonyl (C=O) groups is 1. The summed E-state index contributed by atoms with van der Waals surface area (Å²) in [5.74, 6) is 0. The maximum atomic E-state index is 11.0. The summed E-state index contributed by atoms with van der Waals surface area (Å²) < 4.78 is 1.12. The molecule has 0 aromatic heterocycles. The molecule has 0 N–H and O–H groups in total. The van der Waals surface area contributed by atoms with Crippen LogP contribution < -0.4 is 0 Å². The number of carbonyl (C=O) groups excluding carboxylic acids is 1. The molecule has 0 atom stereocenters. The molecule has 1 aliphatic carbocycles. The zero-order valence-electron chi connectivity index (χ0n) is 8.00. The van der Waals surface area contributed by atoms with Crippen molar-refractivity contribution in [1.29, 1.82) is 0 Å². The van der Waals surface area contributed by atoms with Crippen molar-refractivity contribution in [3.05, 3.63) is 34.3 Å². The molecule has 0 spiro atoms. The zero-order valence-corrected chi connectivity index (χ0v) is 9.59. The maximum absolute atomic E-state index is 11.0. The molecule has 0 unspecified atom stereocenters. The minimum absolute atomic E-state index is 0.0517. The highest BCUT2D eigenvalue weighted by Gasteiger charge is 2.36. The molecule has 0 aliphatic heterocycles. The van der Waals surface area contributed by atoms with E-state index in [1.165, 1.54) is 12.0 Å². The van der Waals surface area contributed by atoms with Crippen molar-refractivity contribution in [2.45, 2.75) is 25.7 Å². The van der Waals surface area contributed by atoms with Gasteiger partial charge in [-0.05, 0) is 30.9 Å². The highest BCUT2D eigenvalue weighted by atomic mass is 79.9. The summed E-state index contributed by atoms with van der Waals surface area (Å²) in [6.45, 7) is 0. The first-order valence-corrected chi connectivity index (χ1v) is 5.75. The predicted molar refractivity (Wildman–Crippen MR) is 60.2 cm³/mol. The summed E-state index contributed by atoms with van der Waals surface area (Å²) >= 11 is 3.52. The third kappa shape index (κ3) is 1.76. The third-order valence-electron chi connectivity index (χ3n) is 3.10. The highest BCUT2D eigenvalue weighted by molar-refractivity contribution is 9.10. The second-order valence-corrected chi connectivity index (χ2v) is 4.96. The summed E-state index contributed by atoms with van der Waals surface area (Å²) in [7, 11) is 0.